The smallest absolute Gasteiger partial charge is 0.408 e. The van der Waals surface area contributed by atoms with Crippen LogP contribution in [0.15, 0.2) is 16.7 Å². The predicted octanol–water partition coefficient (Wildman–Crippen LogP) is 2.76. The van der Waals surface area contributed by atoms with E-state index in [1.165, 1.54) is 4.90 Å². The van der Waals surface area contributed by atoms with Crippen LogP contribution in [0.1, 0.15) is 25.3 Å². The minimum Gasteiger partial charge on any atom is -0.465 e. The highest BCUT2D eigenvalue weighted by Gasteiger charge is 2.64. The van der Waals surface area contributed by atoms with Crippen LogP contribution in [0.25, 0.3) is 0 Å². The number of alkyl halides is 2. The highest BCUT2D eigenvalue weighted by molar-refractivity contribution is 9.10. The van der Waals surface area contributed by atoms with Crippen molar-refractivity contribution in [3.05, 3.63) is 22.3 Å². The van der Waals surface area contributed by atoms with E-state index in [0.717, 1.165) is 6.42 Å². The molecule has 10 heteroatoms. The fourth-order valence-electron chi connectivity index (χ4n) is 4.14. The number of piperidine rings is 1. The average Bonchev–Trinajstić information content (AvgIpc) is 3.08. The minimum atomic E-state index is -2.67. The van der Waals surface area contributed by atoms with Crippen LogP contribution in [0.3, 0.4) is 0 Å². The Labute approximate surface area is 162 Å². The van der Waals surface area contributed by atoms with Gasteiger partial charge in [-0.05, 0) is 40.3 Å². The van der Waals surface area contributed by atoms with E-state index < -0.39 is 24.0 Å². The van der Waals surface area contributed by atoms with E-state index >= 15 is 0 Å². The fourth-order valence-corrected chi connectivity index (χ4v) is 4.45. The normalized spacial score (nSPS) is 31.2. The average molecular weight is 445 g/mol. The number of carbonyl (C=O) groups excluding carboxylic acids is 1. The van der Waals surface area contributed by atoms with Crippen LogP contribution >= 0.6 is 15.9 Å². The zero-order valence-electron chi connectivity index (χ0n) is 14.6. The second-order valence-corrected chi connectivity index (χ2v) is 8.73. The Kier molecular flexibility index (Phi) is 4.19. The monoisotopic (exact) mass is 444 g/mol. The molecule has 3 atom stereocenters. The molecule has 0 unspecified atom stereocenters. The van der Waals surface area contributed by atoms with E-state index in [1.807, 2.05) is 6.92 Å². The van der Waals surface area contributed by atoms with Gasteiger partial charge in [-0.1, -0.05) is 13.0 Å². The molecule has 0 aromatic carbocycles. The summed E-state index contributed by atoms with van der Waals surface area (Å²) in [6.45, 7) is 1.56. The van der Waals surface area contributed by atoms with Gasteiger partial charge in [-0.3, -0.25) is 14.6 Å². The number of aromatic nitrogens is 1. The van der Waals surface area contributed by atoms with Gasteiger partial charge < -0.3 is 10.4 Å². The van der Waals surface area contributed by atoms with Crippen molar-refractivity contribution in [2.75, 3.05) is 18.4 Å². The first-order valence-corrected chi connectivity index (χ1v) is 9.45. The highest BCUT2D eigenvalue weighted by Crippen LogP contribution is 2.59. The zero-order valence-corrected chi connectivity index (χ0v) is 16.2. The van der Waals surface area contributed by atoms with Crippen molar-refractivity contribution in [3.63, 3.8) is 0 Å². The van der Waals surface area contributed by atoms with Crippen LogP contribution in [0.4, 0.5) is 19.4 Å². The molecular formula is C17H19BrF2N4O3. The molecule has 2 N–H and O–H groups in total. The molecule has 7 nitrogen and oxygen atoms in total. The molecule has 4 rings (SSSR count). The van der Waals surface area contributed by atoms with Crippen molar-refractivity contribution in [1.29, 1.82) is 0 Å². The molecule has 1 saturated carbocycles. The standard InChI is InChI=1S/C17H19BrF2N4O3/c1-16-4-10(24(15(26)27)11(16)5-16)14(25)22-13-9(2-3-12(18)21-13)6-23-7-17(19,20)8-23/h2-3,10-11H,4-8H2,1H3,(H,26,27)(H,21,22,25)/t10-,11+,16-/m0/s1. The second kappa shape index (κ2) is 6.10. The summed E-state index contributed by atoms with van der Waals surface area (Å²) in [5.74, 6) is -2.85. The largest absolute Gasteiger partial charge is 0.465 e. The molecule has 3 heterocycles. The van der Waals surface area contributed by atoms with Crippen molar-refractivity contribution < 1.29 is 23.5 Å². The van der Waals surface area contributed by atoms with Crippen LogP contribution in [0.5, 0.6) is 0 Å². The van der Waals surface area contributed by atoms with Crippen LogP contribution in [-0.4, -0.2) is 63.0 Å². The molecule has 2 amide bonds. The molecule has 1 aromatic rings. The number of carboxylic acid groups (broad SMARTS) is 1. The van der Waals surface area contributed by atoms with Crippen LogP contribution in [0, 0.1) is 5.41 Å². The van der Waals surface area contributed by atoms with Crippen molar-refractivity contribution in [1.82, 2.24) is 14.8 Å². The number of anilines is 1. The summed E-state index contributed by atoms with van der Waals surface area (Å²) < 4.78 is 26.6. The summed E-state index contributed by atoms with van der Waals surface area (Å²) in [6.07, 6.45) is 0.135. The van der Waals surface area contributed by atoms with Crippen molar-refractivity contribution in [2.24, 2.45) is 5.41 Å². The van der Waals surface area contributed by atoms with Gasteiger partial charge in [-0.15, -0.1) is 0 Å². The Bertz CT molecular complexity index is 815. The number of nitrogens with one attached hydrogen (secondary N) is 1. The molecule has 0 radical (unpaired) electrons. The highest BCUT2D eigenvalue weighted by atomic mass is 79.9. The third-order valence-corrected chi connectivity index (χ3v) is 6.09. The number of halogens is 3. The molecule has 0 spiro atoms. The molecule has 1 aromatic heterocycles. The second-order valence-electron chi connectivity index (χ2n) is 7.92. The molecule has 146 valence electrons. The van der Waals surface area contributed by atoms with Crippen molar-refractivity contribution >= 4 is 33.7 Å². The third-order valence-electron chi connectivity index (χ3n) is 5.65. The first-order chi connectivity index (χ1) is 12.6. The van der Waals surface area contributed by atoms with Crippen LogP contribution < -0.4 is 5.32 Å². The van der Waals surface area contributed by atoms with Crippen LogP contribution in [0.2, 0.25) is 0 Å². The molecule has 3 fully saturated rings. The number of pyridine rings is 1. The van der Waals surface area contributed by atoms with E-state index in [-0.39, 0.29) is 36.9 Å². The topological polar surface area (TPSA) is 85.8 Å². The number of hydrogen-bond donors (Lipinski definition) is 2. The van der Waals surface area contributed by atoms with Gasteiger partial charge in [0.2, 0.25) is 5.91 Å². The summed E-state index contributed by atoms with van der Waals surface area (Å²) in [7, 11) is 0. The lowest BCUT2D eigenvalue weighted by Gasteiger charge is -2.38. The van der Waals surface area contributed by atoms with Gasteiger partial charge in [-0.2, -0.15) is 0 Å². The third kappa shape index (κ3) is 3.40. The summed E-state index contributed by atoms with van der Waals surface area (Å²) in [5.41, 5.74) is 0.468. The van der Waals surface area contributed by atoms with E-state index in [0.29, 0.717) is 16.6 Å². The van der Waals surface area contributed by atoms with Crippen molar-refractivity contribution in [3.8, 4) is 0 Å². The number of nitrogens with zero attached hydrogens (tertiary/aromatic N) is 3. The van der Waals surface area contributed by atoms with E-state index in [1.54, 1.807) is 17.0 Å². The van der Waals surface area contributed by atoms with Crippen LogP contribution in [-0.2, 0) is 11.3 Å². The SMILES string of the molecule is C[C@@]12C[C@@H](C(=O)Nc3nc(Br)ccc3CN3CC(F)(F)C3)N(C(=O)O)[C@@H]1C2. The maximum absolute atomic E-state index is 13.1. The number of likely N-dealkylation sites (tertiary alicyclic amines) is 2. The number of rotatable bonds is 4. The summed E-state index contributed by atoms with van der Waals surface area (Å²) in [6, 6.07) is 2.50. The Morgan fingerprint density at radius 1 is 1.37 bits per heavy atom. The Hall–Kier alpha value is -1.81. The Balaban J connectivity index is 1.49. The zero-order chi connectivity index (χ0) is 19.6. The molecule has 1 aliphatic carbocycles. The van der Waals surface area contributed by atoms with Crippen molar-refractivity contribution in [2.45, 2.75) is 44.3 Å². The molecule has 2 saturated heterocycles. The fraction of sp³-hybridized carbons (Fsp3) is 0.588. The Morgan fingerprint density at radius 2 is 2.07 bits per heavy atom. The number of fused-ring (bicyclic) bond motifs is 1. The van der Waals surface area contributed by atoms with E-state index in [9.17, 15) is 23.5 Å². The van der Waals surface area contributed by atoms with Gasteiger partial charge in [-0.25, -0.2) is 18.6 Å². The first kappa shape index (κ1) is 18.5. The van der Waals surface area contributed by atoms with Gasteiger partial charge in [0.1, 0.15) is 16.5 Å². The minimum absolute atomic E-state index is 0.121. The number of hydrogen-bond acceptors (Lipinski definition) is 4. The number of amides is 2. The molecular weight excluding hydrogens is 426 g/mol. The number of carbonyl (C=O) groups is 2. The maximum Gasteiger partial charge on any atom is 0.408 e. The van der Waals surface area contributed by atoms with Gasteiger partial charge in [0.05, 0.1) is 13.1 Å². The van der Waals surface area contributed by atoms with Gasteiger partial charge >= 0.3 is 6.09 Å². The van der Waals surface area contributed by atoms with Gasteiger partial charge in [0.25, 0.3) is 5.92 Å². The maximum atomic E-state index is 13.1. The lowest BCUT2D eigenvalue weighted by molar-refractivity contribution is -0.133. The predicted molar refractivity (Wildman–Crippen MR) is 95.6 cm³/mol. The summed E-state index contributed by atoms with van der Waals surface area (Å²) in [4.78, 5) is 31.4. The first-order valence-electron chi connectivity index (χ1n) is 8.66. The van der Waals surface area contributed by atoms with E-state index in [4.69, 9.17) is 0 Å². The molecule has 3 aliphatic rings. The molecule has 0 bridgehead atoms. The lowest BCUT2D eigenvalue weighted by atomic mass is 10.0. The summed E-state index contributed by atoms with van der Waals surface area (Å²) in [5, 5.41) is 12.2. The molecule has 27 heavy (non-hydrogen) atoms. The van der Waals surface area contributed by atoms with Gasteiger partial charge in [0.15, 0.2) is 0 Å². The quantitative estimate of drug-likeness (QED) is 0.697. The summed E-state index contributed by atoms with van der Waals surface area (Å²) >= 11 is 3.24. The van der Waals surface area contributed by atoms with E-state index in [2.05, 4.69) is 26.2 Å². The lowest BCUT2D eigenvalue weighted by Crippen LogP contribution is -2.55. The Morgan fingerprint density at radius 3 is 2.70 bits per heavy atom. The molecule has 2 aliphatic heterocycles. The van der Waals surface area contributed by atoms with Gasteiger partial charge in [0, 0.05) is 18.2 Å².